The van der Waals surface area contributed by atoms with Crippen LogP contribution in [-0.4, -0.2) is 5.88 Å². The summed E-state index contributed by atoms with van der Waals surface area (Å²) >= 11 is 5.50. The number of hydrogen-bond acceptors (Lipinski definition) is 0. The third-order valence-corrected chi connectivity index (χ3v) is 1.49. The van der Waals surface area contributed by atoms with Crippen LogP contribution in [0, 0.1) is 11.8 Å². The molecule has 0 bridgehead atoms. The summed E-state index contributed by atoms with van der Waals surface area (Å²) in [4.78, 5) is 0. The first-order chi connectivity index (χ1) is 5.41. The Morgan fingerprint density at radius 2 is 2.18 bits per heavy atom. The molecule has 0 radical (unpaired) electrons. The van der Waals surface area contributed by atoms with Gasteiger partial charge in [-0.2, -0.15) is 0 Å². The Morgan fingerprint density at radius 3 is 2.82 bits per heavy atom. The summed E-state index contributed by atoms with van der Waals surface area (Å²) in [7, 11) is 0. The minimum absolute atomic E-state index is 0.756. The molecule has 0 aliphatic carbocycles. The van der Waals surface area contributed by atoms with E-state index in [0.717, 1.165) is 31.6 Å². The van der Waals surface area contributed by atoms with E-state index >= 15 is 0 Å². The Labute approximate surface area is 74.6 Å². The molecule has 0 atom stereocenters. The molecule has 11 heavy (non-hydrogen) atoms. The topological polar surface area (TPSA) is 0 Å². The Kier molecular flexibility index (Phi) is 9.23. The van der Waals surface area contributed by atoms with Gasteiger partial charge in [0.15, 0.2) is 0 Å². The van der Waals surface area contributed by atoms with E-state index in [1.807, 2.05) is 6.08 Å². The zero-order chi connectivity index (χ0) is 8.36. The Bertz CT molecular complexity index is 148. The number of alkyl halides is 1. The number of hydrogen-bond donors (Lipinski definition) is 0. The molecule has 0 unspecified atom stereocenters. The molecular formula is C10H15Cl. The van der Waals surface area contributed by atoms with Gasteiger partial charge in [-0.15, -0.1) is 11.6 Å². The highest BCUT2D eigenvalue weighted by molar-refractivity contribution is 6.17. The van der Waals surface area contributed by atoms with Gasteiger partial charge in [0.05, 0.1) is 0 Å². The second kappa shape index (κ2) is 9.59. The molecule has 0 fully saturated rings. The zero-order valence-corrected chi connectivity index (χ0v) is 7.82. The molecule has 1 heteroatoms. The maximum Gasteiger partial charge on any atom is 0.0223 e. The van der Waals surface area contributed by atoms with Gasteiger partial charge in [0, 0.05) is 12.3 Å². The molecule has 0 heterocycles. The standard InChI is InChI=1S/C10H15Cl/c1-2-3-4-5-6-7-8-9-10-11/h3-4H,2,7-10H2,1H3/b4-3-. The molecule has 62 valence electrons. The lowest BCUT2D eigenvalue weighted by Gasteiger charge is -1.85. The van der Waals surface area contributed by atoms with E-state index in [-0.39, 0.29) is 0 Å². The quantitative estimate of drug-likeness (QED) is 0.345. The van der Waals surface area contributed by atoms with E-state index in [0.29, 0.717) is 0 Å². The highest BCUT2D eigenvalue weighted by Gasteiger charge is 1.80. The van der Waals surface area contributed by atoms with Gasteiger partial charge in [-0.25, -0.2) is 0 Å². The van der Waals surface area contributed by atoms with Gasteiger partial charge < -0.3 is 0 Å². The van der Waals surface area contributed by atoms with Crippen molar-refractivity contribution in [1.82, 2.24) is 0 Å². The normalized spacial score (nSPS) is 9.64. The minimum Gasteiger partial charge on any atom is -0.127 e. The van der Waals surface area contributed by atoms with Crippen LogP contribution >= 0.6 is 11.6 Å². The van der Waals surface area contributed by atoms with E-state index < -0.39 is 0 Å². The molecule has 0 saturated carbocycles. The molecule has 0 aliphatic heterocycles. The Hall–Kier alpha value is -0.410. The molecule has 0 rings (SSSR count). The van der Waals surface area contributed by atoms with E-state index in [1.165, 1.54) is 0 Å². The molecule has 0 saturated heterocycles. The second-order valence-electron chi connectivity index (χ2n) is 2.28. The number of halogens is 1. The van der Waals surface area contributed by atoms with Crippen LogP contribution in [0.3, 0.4) is 0 Å². The van der Waals surface area contributed by atoms with Crippen LogP contribution in [0.4, 0.5) is 0 Å². The van der Waals surface area contributed by atoms with Crippen LogP contribution in [0.1, 0.15) is 32.6 Å². The van der Waals surface area contributed by atoms with Crippen molar-refractivity contribution in [3.8, 4) is 11.8 Å². The minimum atomic E-state index is 0.756. The van der Waals surface area contributed by atoms with Crippen LogP contribution in [0.5, 0.6) is 0 Å². The van der Waals surface area contributed by atoms with E-state index in [4.69, 9.17) is 11.6 Å². The van der Waals surface area contributed by atoms with Crippen LogP contribution < -0.4 is 0 Å². The highest BCUT2D eigenvalue weighted by atomic mass is 35.5. The Morgan fingerprint density at radius 1 is 1.36 bits per heavy atom. The van der Waals surface area contributed by atoms with E-state index in [9.17, 15) is 0 Å². The second-order valence-corrected chi connectivity index (χ2v) is 2.66. The summed E-state index contributed by atoms with van der Waals surface area (Å²) in [6.45, 7) is 2.10. The number of allylic oxidation sites excluding steroid dienone is 2. The van der Waals surface area contributed by atoms with Crippen molar-refractivity contribution in [3.63, 3.8) is 0 Å². The third kappa shape index (κ3) is 9.59. The van der Waals surface area contributed by atoms with Crippen LogP contribution in [0.2, 0.25) is 0 Å². The SMILES string of the molecule is CC/C=C\C#CCCCCCl. The summed E-state index contributed by atoms with van der Waals surface area (Å²) < 4.78 is 0. The largest absolute Gasteiger partial charge is 0.127 e. The first-order valence-corrected chi connectivity index (χ1v) is 4.64. The smallest absolute Gasteiger partial charge is 0.0223 e. The summed E-state index contributed by atoms with van der Waals surface area (Å²) in [5, 5.41) is 0. The molecule has 0 nitrogen and oxygen atoms in total. The number of unbranched alkanes of at least 4 members (excludes halogenated alkanes) is 2. The van der Waals surface area contributed by atoms with Crippen molar-refractivity contribution in [3.05, 3.63) is 12.2 Å². The molecule has 0 amide bonds. The summed E-state index contributed by atoms with van der Waals surface area (Å²) in [5.41, 5.74) is 0. The summed E-state index contributed by atoms with van der Waals surface area (Å²) in [5.74, 6) is 6.79. The van der Waals surface area contributed by atoms with Crippen molar-refractivity contribution >= 4 is 11.6 Å². The molecule has 0 aliphatic rings. The van der Waals surface area contributed by atoms with Gasteiger partial charge in [0.2, 0.25) is 0 Å². The lowest BCUT2D eigenvalue weighted by Crippen LogP contribution is -1.73. The maximum atomic E-state index is 5.50. The average Bonchev–Trinajstić information content (AvgIpc) is 2.03. The predicted octanol–water partition coefficient (Wildman–Crippen LogP) is 3.37. The molecule has 0 N–H and O–H groups in total. The van der Waals surface area contributed by atoms with E-state index in [2.05, 4.69) is 24.8 Å². The molecule has 0 spiro atoms. The zero-order valence-electron chi connectivity index (χ0n) is 7.07. The molecular weight excluding hydrogens is 156 g/mol. The molecule has 0 aromatic heterocycles. The van der Waals surface area contributed by atoms with Gasteiger partial charge in [0.25, 0.3) is 0 Å². The van der Waals surface area contributed by atoms with Crippen molar-refractivity contribution < 1.29 is 0 Å². The first kappa shape index (κ1) is 10.6. The third-order valence-electron chi connectivity index (χ3n) is 1.22. The van der Waals surface area contributed by atoms with Gasteiger partial charge in [-0.05, 0) is 25.3 Å². The van der Waals surface area contributed by atoms with Gasteiger partial charge in [0.1, 0.15) is 0 Å². The predicted molar refractivity (Wildman–Crippen MR) is 51.8 cm³/mol. The van der Waals surface area contributed by atoms with Crippen LogP contribution in [-0.2, 0) is 0 Å². The van der Waals surface area contributed by atoms with Crippen LogP contribution in [0.25, 0.3) is 0 Å². The Balaban J connectivity index is 3.19. The fourth-order valence-electron chi connectivity index (χ4n) is 0.616. The van der Waals surface area contributed by atoms with Gasteiger partial charge in [-0.3, -0.25) is 0 Å². The van der Waals surface area contributed by atoms with Crippen molar-refractivity contribution in [2.45, 2.75) is 32.6 Å². The average molecular weight is 171 g/mol. The fourth-order valence-corrected chi connectivity index (χ4v) is 0.805. The molecule has 0 aromatic rings. The lowest BCUT2D eigenvalue weighted by molar-refractivity contribution is 0.833. The monoisotopic (exact) mass is 170 g/mol. The van der Waals surface area contributed by atoms with Crippen molar-refractivity contribution in [1.29, 1.82) is 0 Å². The van der Waals surface area contributed by atoms with E-state index in [1.54, 1.807) is 0 Å². The van der Waals surface area contributed by atoms with Gasteiger partial charge >= 0.3 is 0 Å². The first-order valence-electron chi connectivity index (χ1n) is 4.11. The summed E-state index contributed by atoms with van der Waals surface area (Å²) in [6, 6.07) is 0. The van der Waals surface area contributed by atoms with Gasteiger partial charge in [-0.1, -0.05) is 24.8 Å². The van der Waals surface area contributed by atoms with Crippen molar-refractivity contribution in [2.75, 3.05) is 5.88 Å². The molecule has 0 aromatic carbocycles. The van der Waals surface area contributed by atoms with Crippen molar-refractivity contribution in [2.24, 2.45) is 0 Å². The van der Waals surface area contributed by atoms with Crippen LogP contribution in [0.15, 0.2) is 12.2 Å². The summed E-state index contributed by atoms with van der Waals surface area (Å²) in [6.07, 6.45) is 8.22. The maximum absolute atomic E-state index is 5.50. The number of rotatable bonds is 4. The fraction of sp³-hybridized carbons (Fsp3) is 0.600. The highest BCUT2D eigenvalue weighted by Crippen LogP contribution is 1.94. The lowest BCUT2D eigenvalue weighted by atomic mass is 10.2.